The molecule has 3 atom stereocenters. The summed E-state index contributed by atoms with van der Waals surface area (Å²) in [6, 6.07) is 6.82. The number of amides is 3. The molecular weight excluding hydrogens is 442 g/mol. The normalized spacial score (nSPS) is 22.0. The first-order valence-electron chi connectivity index (χ1n) is 13.3. The lowest BCUT2D eigenvalue weighted by Crippen LogP contribution is -2.53. The molecule has 1 heterocycles. The van der Waals surface area contributed by atoms with Crippen LogP contribution in [0.3, 0.4) is 0 Å². The van der Waals surface area contributed by atoms with Gasteiger partial charge in [-0.2, -0.15) is 0 Å². The molecule has 0 spiro atoms. The first-order chi connectivity index (χ1) is 16.8. The fourth-order valence-corrected chi connectivity index (χ4v) is 5.24. The van der Waals surface area contributed by atoms with E-state index in [-0.39, 0.29) is 29.7 Å². The van der Waals surface area contributed by atoms with Gasteiger partial charge in [-0.1, -0.05) is 33.6 Å². The number of rotatable bonds is 10. The van der Waals surface area contributed by atoms with E-state index < -0.39 is 11.9 Å². The number of piperazine rings is 1. The van der Waals surface area contributed by atoms with E-state index in [1.807, 2.05) is 38.1 Å². The Balaban J connectivity index is 1.58. The van der Waals surface area contributed by atoms with Gasteiger partial charge in [0.25, 0.3) is 5.91 Å². The predicted molar refractivity (Wildman–Crippen MR) is 139 cm³/mol. The fourth-order valence-electron chi connectivity index (χ4n) is 5.24. The number of carbonyl (C=O) groups is 3. The van der Waals surface area contributed by atoms with Crippen LogP contribution in [0.15, 0.2) is 24.3 Å². The Labute approximate surface area is 210 Å². The van der Waals surface area contributed by atoms with E-state index in [2.05, 4.69) is 27.4 Å². The summed E-state index contributed by atoms with van der Waals surface area (Å²) in [6.07, 6.45) is 5.00. The number of nitrogens with two attached hydrogens (primary N) is 1. The quantitative estimate of drug-likeness (QED) is 0.472. The van der Waals surface area contributed by atoms with E-state index in [1.54, 1.807) is 0 Å². The van der Waals surface area contributed by atoms with Crippen molar-refractivity contribution in [3.05, 3.63) is 29.8 Å². The van der Waals surface area contributed by atoms with Crippen molar-refractivity contribution < 1.29 is 14.4 Å². The minimum absolute atomic E-state index is 0.164. The fraction of sp³-hybridized carbons (Fsp3) is 0.667. The Hall–Kier alpha value is -2.61. The molecule has 194 valence electrons. The van der Waals surface area contributed by atoms with Crippen molar-refractivity contribution in [2.24, 2.45) is 17.6 Å². The smallest absolute Gasteiger partial charge is 0.251 e. The SMILES string of the molecule is CCCN1CCN(c2ccc(C(=O)NC3CCCCC3C(=O)NC(CC(C)C)C(N)=O)cc2)CC1. The standard InChI is InChI=1S/C27H43N5O3/c1-4-13-31-14-16-32(17-15-31)21-11-9-20(10-12-21)26(34)29-23-8-6-5-7-22(23)27(35)30-24(25(28)33)18-19(2)3/h9-12,19,22-24H,4-8,13-18H2,1-3H3,(H2,28,33)(H,29,34)(H,30,35). The molecule has 1 aromatic rings. The van der Waals surface area contributed by atoms with Gasteiger partial charge in [-0.3, -0.25) is 19.3 Å². The molecule has 1 saturated carbocycles. The highest BCUT2D eigenvalue weighted by Gasteiger charge is 2.34. The Morgan fingerprint density at radius 1 is 1.03 bits per heavy atom. The van der Waals surface area contributed by atoms with Gasteiger partial charge in [0.15, 0.2) is 0 Å². The summed E-state index contributed by atoms with van der Waals surface area (Å²) >= 11 is 0. The lowest BCUT2D eigenvalue weighted by Gasteiger charge is -2.36. The highest BCUT2D eigenvalue weighted by Crippen LogP contribution is 2.26. The molecule has 3 unspecified atom stereocenters. The number of hydrogen-bond donors (Lipinski definition) is 3. The number of benzene rings is 1. The molecule has 1 aliphatic heterocycles. The maximum Gasteiger partial charge on any atom is 0.251 e. The lowest BCUT2D eigenvalue weighted by molar-refractivity contribution is -0.131. The van der Waals surface area contributed by atoms with Crippen LogP contribution in [0, 0.1) is 11.8 Å². The molecule has 8 nitrogen and oxygen atoms in total. The molecule has 1 aliphatic carbocycles. The van der Waals surface area contributed by atoms with Crippen LogP contribution in [0.1, 0.15) is 69.7 Å². The average molecular weight is 486 g/mol. The number of nitrogens with zero attached hydrogens (tertiary/aromatic N) is 2. The van der Waals surface area contributed by atoms with Gasteiger partial charge in [0, 0.05) is 43.5 Å². The summed E-state index contributed by atoms with van der Waals surface area (Å²) < 4.78 is 0. The molecule has 1 aromatic carbocycles. The van der Waals surface area contributed by atoms with E-state index in [4.69, 9.17) is 5.73 Å². The number of carbonyl (C=O) groups excluding carboxylic acids is 3. The topological polar surface area (TPSA) is 108 Å². The van der Waals surface area contributed by atoms with Crippen LogP contribution in [-0.2, 0) is 9.59 Å². The zero-order valence-electron chi connectivity index (χ0n) is 21.6. The second kappa shape index (κ2) is 12.9. The van der Waals surface area contributed by atoms with Crippen LogP contribution < -0.4 is 21.3 Å². The number of nitrogens with one attached hydrogen (secondary N) is 2. The van der Waals surface area contributed by atoms with E-state index >= 15 is 0 Å². The molecule has 2 fully saturated rings. The molecule has 2 aliphatic rings. The third-order valence-electron chi connectivity index (χ3n) is 7.19. The molecule has 8 heteroatoms. The Morgan fingerprint density at radius 2 is 1.69 bits per heavy atom. The van der Waals surface area contributed by atoms with Gasteiger partial charge in [-0.25, -0.2) is 0 Å². The first-order valence-corrected chi connectivity index (χ1v) is 13.3. The van der Waals surface area contributed by atoms with Crippen molar-refractivity contribution in [3.8, 4) is 0 Å². The molecule has 0 bridgehead atoms. The number of anilines is 1. The van der Waals surface area contributed by atoms with Crippen LogP contribution in [0.25, 0.3) is 0 Å². The van der Waals surface area contributed by atoms with Crippen LogP contribution in [-0.4, -0.2) is 67.4 Å². The van der Waals surface area contributed by atoms with Crippen LogP contribution in [0.4, 0.5) is 5.69 Å². The van der Waals surface area contributed by atoms with Crippen molar-refractivity contribution in [1.82, 2.24) is 15.5 Å². The highest BCUT2D eigenvalue weighted by molar-refractivity contribution is 5.95. The second-order valence-corrected chi connectivity index (χ2v) is 10.4. The molecular formula is C27H43N5O3. The maximum absolute atomic E-state index is 13.0. The molecule has 3 amide bonds. The summed E-state index contributed by atoms with van der Waals surface area (Å²) in [5.41, 5.74) is 7.24. The molecule has 0 aromatic heterocycles. The minimum Gasteiger partial charge on any atom is -0.369 e. The van der Waals surface area contributed by atoms with Crippen molar-refractivity contribution in [2.45, 2.75) is 71.4 Å². The number of primary amides is 1. The molecule has 4 N–H and O–H groups in total. The predicted octanol–water partition coefficient (Wildman–Crippen LogP) is 2.52. The van der Waals surface area contributed by atoms with Gasteiger partial charge in [-0.05, 0) is 62.4 Å². The van der Waals surface area contributed by atoms with Crippen molar-refractivity contribution in [1.29, 1.82) is 0 Å². The van der Waals surface area contributed by atoms with Crippen molar-refractivity contribution in [2.75, 3.05) is 37.6 Å². The number of hydrogen-bond acceptors (Lipinski definition) is 5. The van der Waals surface area contributed by atoms with Gasteiger partial charge < -0.3 is 21.3 Å². The third kappa shape index (κ3) is 7.69. The van der Waals surface area contributed by atoms with E-state index in [1.165, 1.54) is 6.42 Å². The monoisotopic (exact) mass is 485 g/mol. The lowest BCUT2D eigenvalue weighted by atomic mass is 9.83. The summed E-state index contributed by atoms with van der Waals surface area (Å²) in [5, 5.41) is 5.93. The summed E-state index contributed by atoms with van der Waals surface area (Å²) in [7, 11) is 0. The van der Waals surface area contributed by atoms with Gasteiger partial charge in [0.1, 0.15) is 6.04 Å². The summed E-state index contributed by atoms with van der Waals surface area (Å²) in [4.78, 5) is 42.7. The largest absolute Gasteiger partial charge is 0.369 e. The minimum atomic E-state index is -0.683. The van der Waals surface area contributed by atoms with Crippen molar-refractivity contribution in [3.63, 3.8) is 0 Å². The van der Waals surface area contributed by atoms with Crippen LogP contribution in [0.5, 0.6) is 0 Å². The van der Waals surface area contributed by atoms with Crippen LogP contribution in [0.2, 0.25) is 0 Å². The van der Waals surface area contributed by atoms with E-state index in [0.29, 0.717) is 18.4 Å². The summed E-state index contributed by atoms with van der Waals surface area (Å²) in [6.45, 7) is 11.5. The Bertz CT molecular complexity index is 849. The van der Waals surface area contributed by atoms with E-state index in [0.717, 1.165) is 57.7 Å². The third-order valence-corrected chi connectivity index (χ3v) is 7.19. The second-order valence-electron chi connectivity index (χ2n) is 10.4. The highest BCUT2D eigenvalue weighted by atomic mass is 16.2. The summed E-state index contributed by atoms with van der Waals surface area (Å²) in [5.74, 6) is -1.01. The zero-order chi connectivity index (χ0) is 25.4. The first kappa shape index (κ1) is 27.0. The van der Waals surface area contributed by atoms with Gasteiger partial charge in [0.05, 0.1) is 5.92 Å². The van der Waals surface area contributed by atoms with Crippen molar-refractivity contribution >= 4 is 23.4 Å². The van der Waals surface area contributed by atoms with Gasteiger partial charge in [0.2, 0.25) is 11.8 Å². The van der Waals surface area contributed by atoms with E-state index in [9.17, 15) is 14.4 Å². The molecule has 0 radical (unpaired) electrons. The molecule has 3 rings (SSSR count). The maximum atomic E-state index is 13.0. The van der Waals surface area contributed by atoms with Gasteiger partial charge in [-0.15, -0.1) is 0 Å². The average Bonchev–Trinajstić information content (AvgIpc) is 2.84. The molecule has 1 saturated heterocycles. The Morgan fingerprint density at radius 3 is 2.29 bits per heavy atom. The molecule has 35 heavy (non-hydrogen) atoms. The zero-order valence-corrected chi connectivity index (χ0v) is 21.6. The van der Waals surface area contributed by atoms with Crippen LogP contribution >= 0.6 is 0 Å². The Kier molecular flexibility index (Phi) is 9.95. The van der Waals surface area contributed by atoms with Gasteiger partial charge >= 0.3 is 0 Å².